The van der Waals surface area contributed by atoms with E-state index in [0.717, 1.165) is 32.5 Å². The first kappa shape index (κ1) is 14.4. The van der Waals surface area contributed by atoms with Crippen LogP contribution in [0.4, 0.5) is 0 Å². The Bertz CT molecular complexity index is 236. The van der Waals surface area contributed by atoms with Gasteiger partial charge in [0.25, 0.3) is 0 Å². The number of aliphatic hydroxyl groups excluding tert-OH is 1. The molecule has 1 aliphatic heterocycles. The molecule has 2 unspecified atom stereocenters. The molecule has 100 valence electrons. The summed E-state index contributed by atoms with van der Waals surface area (Å²) in [5, 5.41) is 21.3. The number of carboxylic acid groups (broad SMARTS) is 1. The van der Waals surface area contributed by atoms with Crippen LogP contribution < -0.4 is 5.32 Å². The lowest BCUT2D eigenvalue weighted by atomic mass is 9.91. The van der Waals surface area contributed by atoms with E-state index in [4.69, 9.17) is 10.2 Å². The molecular formula is C12H24N2O3. The SMILES string of the molecule is CCCNC1CC(CC(=O)O)CN(CCO)C1. The molecule has 0 aromatic carbocycles. The van der Waals surface area contributed by atoms with Crippen LogP contribution in [-0.4, -0.2) is 59.9 Å². The highest BCUT2D eigenvalue weighted by Crippen LogP contribution is 2.19. The van der Waals surface area contributed by atoms with Gasteiger partial charge in [0.15, 0.2) is 0 Å². The van der Waals surface area contributed by atoms with Crippen LogP contribution in [0.25, 0.3) is 0 Å². The fourth-order valence-electron chi connectivity index (χ4n) is 2.52. The molecule has 1 fully saturated rings. The normalized spacial score (nSPS) is 26.0. The van der Waals surface area contributed by atoms with Crippen LogP contribution in [0, 0.1) is 5.92 Å². The molecule has 1 heterocycles. The third-order valence-corrected chi connectivity index (χ3v) is 3.18. The molecule has 5 heteroatoms. The monoisotopic (exact) mass is 244 g/mol. The summed E-state index contributed by atoms with van der Waals surface area (Å²) < 4.78 is 0. The molecule has 1 saturated heterocycles. The second-order valence-electron chi connectivity index (χ2n) is 4.83. The maximum Gasteiger partial charge on any atom is 0.303 e. The van der Waals surface area contributed by atoms with Crippen molar-refractivity contribution in [2.24, 2.45) is 5.92 Å². The zero-order chi connectivity index (χ0) is 12.7. The summed E-state index contributed by atoms with van der Waals surface area (Å²) >= 11 is 0. The second kappa shape index (κ2) is 7.63. The molecule has 1 rings (SSSR count). The van der Waals surface area contributed by atoms with Crippen LogP contribution in [0.3, 0.4) is 0 Å². The lowest BCUT2D eigenvalue weighted by Gasteiger charge is -2.37. The van der Waals surface area contributed by atoms with Crippen molar-refractivity contribution < 1.29 is 15.0 Å². The number of carboxylic acids is 1. The predicted octanol–water partition coefficient (Wildman–Crippen LogP) is 0.144. The molecule has 0 saturated carbocycles. The zero-order valence-corrected chi connectivity index (χ0v) is 10.6. The van der Waals surface area contributed by atoms with Crippen LogP contribution in [-0.2, 0) is 4.79 Å². The average Bonchev–Trinajstić information content (AvgIpc) is 2.25. The Balaban J connectivity index is 2.46. The number of nitrogens with zero attached hydrogens (tertiary/aromatic N) is 1. The van der Waals surface area contributed by atoms with Gasteiger partial charge >= 0.3 is 5.97 Å². The Morgan fingerprint density at radius 3 is 2.82 bits per heavy atom. The van der Waals surface area contributed by atoms with Gasteiger partial charge in [0.05, 0.1) is 6.61 Å². The summed E-state index contributed by atoms with van der Waals surface area (Å²) in [5.41, 5.74) is 0. The molecule has 0 aromatic heterocycles. The van der Waals surface area contributed by atoms with Gasteiger partial charge in [0, 0.05) is 32.1 Å². The fourth-order valence-corrected chi connectivity index (χ4v) is 2.52. The van der Waals surface area contributed by atoms with E-state index in [-0.39, 0.29) is 18.9 Å². The van der Waals surface area contributed by atoms with Gasteiger partial charge in [0.1, 0.15) is 0 Å². The van der Waals surface area contributed by atoms with E-state index in [0.29, 0.717) is 12.6 Å². The second-order valence-corrected chi connectivity index (χ2v) is 4.83. The van der Waals surface area contributed by atoms with Crippen LogP contribution >= 0.6 is 0 Å². The summed E-state index contributed by atoms with van der Waals surface area (Å²) in [6, 6.07) is 0.361. The largest absolute Gasteiger partial charge is 0.481 e. The molecule has 17 heavy (non-hydrogen) atoms. The van der Waals surface area contributed by atoms with Gasteiger partial charge in [-0.05, 0) is 25.3 Å². The number of aliphatic carboxylic acids is 1. The molecule has 0 aromatic rings. The highest BCUT2D eigenvalue weighted by atomic mass is 16.4. The van der Waals surface area contributed by atoms with E-state index in [1.165, 1.54) is 0 Å². The summed E-state index contributed by atoms with van der Waals surface area (Å²) in [4.78, 5) is 12.9. The first-order chi connectivity index (χ1) is 8.15. The number of piperidine rings is 1. The maximum absolute atomic E-state index is 10.8. The summed E-state index contributed by atoms with van der Waals surface area (Å²) in [5.74, 6) is -0.530. The molecule has 0 amide bonds. The van der Waals surface area contributed by atoms with Gasteiger partial charge in [0.2, 0.25) is 0 Å². The number of rotatable bonds is 7. The minimum atomic E-state index is -0.727. The zero-order valence-electron chi connectivity index (χ0n) is 10.6. The third kappa shape index (κ3) is 5.48. The van der Waals surface area contributed by atoms with Crippen LogP contribution in [0.2, 0.25) is 0 Å². The Hall–Kier alpha value is -0.650. The van der Waals surface area contributed by atoms with Gasteiger partial charge in [-0.2, -0.15) is 0 Å². The fraction of sp³-hybridized carbons (Fsp3) is 0.917. The van der Waals surface area contributed by atoms with E-state index in [2.05, 4.69) is 17.1 Å². The first-order valence-electron chi connectivity index (χ1n) is 6.44. The Kier molecular flexibility index (Phi) is 6.47. The number of hydrogen-bond donors (Lipinski definition) is 3. The molecule has 2 atom stereocenters. The molecule has 0 aliphatic carbocycles. The lowest BCUT2D eigenvalue weighted by molar-refractivity contribution is -0.138. The van der Waals surface area contributed by atoms with Crippen LogP contribution in [0.5, 0.6) is 0 Å². The number of nitrogens with one attached hydrogen (secondary N) is 1. The van der Waals surface area contributed by atoms with Gasteiger partial charge in [-0.3, -0.25) is 9.69 Å². The van der Waals surface area contributed by atoms with Crippen molar-refractivity contribution >= 4 is 5.97 Å². The summed E-state index contributed by atoms with van der Waals surface area (Å²) in [7, 11) is 0. The Morgan fingerprint density at radius 1 is 1.47 bits per heavy atom. The molecule has 0 bridgehead atoms. The maximum atomic E-state index is 10.8. The summed E-state index contributed by atoms with van der Waals surface area (Å²) in [6.07, 6.45) is 2.24. The van der Waals surface area contributed by atoms with E-state index < -0.39 is 5.97 Å². The molecule has 1 aliphatic rings. The van der Waals surface area contributed by atoms with Crippen LogP contribution in [0.1, 0.15) is 26.2 Å². The number of β-amino-alcohol motifs (C(OH)–C–C–N with tert-alkyl or cyclic N) is 1. The van der Waals surface area contributed by atoms with E-state index in [9.17, 15) is 4.79 Å². The average molecular weight is 244 g/mol. The summed E-state index contributed by atoms with van der Waals surface area (Å²) in [6.45, 7) is 5.57. The van der Waals surface area contributed by atoms with Crippen molar-refractivity contribution in [3.63, 3.8) is 0 Å². The standard InChI is InChI=1S/C12H24N2O3/c1-2-3-13-11-6-10(7-12(16)17)8-14(9-11)4-5-15/h10-11,13,15H,2-9H2,1H3,(H,16,17). The van der Waals surface area contributed by atoms with E-state index >= 15 is 0 Å². The van der Waals surface area contributed by atoms with Gasteiger partial charge in [-0.1, -0.05) is 6.92 Å². The topological polar surface area (TPSA) is 72.8 Å². The van der Waals surface area contributed by atoms with E-state index in [1.807, 2.05) is 0 Å². The number of carbonyl (C=O) groups is 1. The highest BCUT2D eigenvalue weighted by molar-refractivity contribution is 5.67. The third-order valence-electron chi connectivity index (χ3n) is 3.18. The van der Waals surface area contributed by atoms with Gasteiger partial charge in [-0.15, -0.1) is 0 Å². The molecule has 3 N–H and O–H groups in total. The number of likely N-dealkylation sites (tertiary alicyclic amines) is 1. The molecule has 0 radical (unpaired) electrons. The Labute approximate surface area is 103 Å². The van der Waals surface area contributed by atoms with Crippen molar-refractivity contribution in [3.05, 3.63) is 0 Å². The quantitative estimate of drug-likeness (QED) is 0.594. The van der Waals surface area contributed by atoms with Crippen LogP contribution in [0.15, 0.2) is 0 Å². The van der Waals surface area contributed by atoms with E-state index in [1.54, 1.807) is 0 Å². The van der Waals surface area contributed by atoms with Crippen molar-refractivity contribution in [1.82, 2.24) is 10.2 Å². The lowest BCUT2D eigenvalue weighted by Crippen LogP contribution is -2.50. The number of aliphatic hydroxyl groups is 1. The molecule has 0 spiro atoms. The van der Waals surface area contributed by atoms with Crippen molar-refractivity contribution in [2.45, 2.75) is 32.2 Å². The van der Waals surface area contributed by atoms with Gasteiger partial charge in [-0.25, -0.2) is 0 Å². The Morgan fingerprint density at radius 2 is 2.24 bits per heavy atom. The highest BCUT2D eigenvalue weighted by Gasteiger charge is 2.27. The van der Waals surface area contributed by atoms with Crippen molar-refractivity contribution in [3.8, 4) is 0 Å². The first-order valence-corrected chi connectivity index (χ1v) is 6.44. The molecule has 5 nitrogen and oxygen atoms in total. The number of hydrogen-bond acceptors (Lipinski definition) is 4. The van der Waals surface area contributed by atoms with Crippen molar-refractivity contribution in [1.29, 1.82) is 0 Å². The minimum Gasteiger partial charge on any atom is -0.481 e. The molecular weight excluding hydrogens is 220 g/mol. The smallest absolute Gasteiger partial charge is 0.303 e. The van der Waals surface area contributed by atoms with Crippen molar-refractivity contribution in [2.75, 3.05) is 32.8 Å². The minimum absolute atomic E-state index is 0.139. The predicted molar refractivity (Wildman–Crippen MR) is 66.0 cm³/mol. The van der Waals surface area contributed by atoms with Gasteiger partial charge < -0.3 is 15.5 Å².